The maximum atomic E-state index is 11.8. The second kappa shape index (κ2) is 3.90. The van der Waals surface area contributed by atoms with Crippen LogP contribution >= 0.6 is 11.6 Å². The number of halogens is 1. The molecule has 1 heterocycles. The Hall–Kier alpha value is -1.80. The van der Waals surface area contributed by atoms with Crippen LogP contribution in [0.4, 0.5) is 0 Å². The van der Waals surface area contributed by atoms with Crippen LogP contribution in [0.15, 0.2) is 48.5 Å². The average Bonchev–Trinajstić information content (AvgIpc) is 2.68. The van der Waals surface area contributed by atoms with Gasteiger partial charge in [0.15, 0.2) is 0 Å². The Morgan fingerprint density at radius 2 is 1.82 bits per heavy atom. The van der Waals surface area contributed by atoms with Crippen LogP contribution in [0.25, 0.3) is 0 Å². The second-order valence-electron chi connectivity index (χ2n) is 4.05. The number of fused-ring (bicyclic) bond motifs is 1. The highest BCUT2D eigenvalue weighted by atomic mass is 35.5. The van der Waals surface area contributed by atoms with Crippen LogP contribution < -0.4 is 5.32 Å². The Morgan fingerprint density at radius 1 is 1.06 bits per heavy atom. The van der Waals surface area contributed by atoms with E-state index in [-0.39, 0.29) is 11.9 Å². The van der Waals surface area contributed by atoms with Crippen LogP contribution in [0.1, 0.15) is 27.5 Å². The predicted molar refractivity (Wildman–Crippen MR) is 67.2 cm³/mol. The van der Waals surface area contributed by atoms with Crippen molar-refractivity contribution in [3.8, 4) is 0 Å². The van der Waals surface area contributed by atoms with E-state index < -0.39 is 0 Å². The number of hydrogen-bond donors (Lipinski definition) is 1. The molecule has 0 radical (unpaired) electrons. The lowest BCUT2D eigenvalue weighted by atomic mass is 9.99. The summed E-state index contributed by atoms with van der Waals surface area (Å²) < 4.78 is 0. The van der Waals surface area contributed by atoms with Gasteiger partial charge in [-0.3, -0.25) is 4.79 Å². The first-order valence-corrected chi connectivity index (χ1v) is 5.79. The highest BCUT2D eigenvalue weighted by molar-refractivity contribution is 6.31. The van der Waals surface area contributed by atoms with Crippen molar-refractivity contribution in [3.05, 3.63) is 70.2 Å². The van der Waals surface area contributed by atoms with E-state index in [4.69, 9.17) is 11.6 Å². The largest absolute Gasteiger partial charge is 0.341 e. The Morgan fingerprint density at radius 3 is 2.59 bits per heavy atom. The summed E-state index contributed by atoms with van der Waals surface area (Å²) in [5.41, 5.74) is 2.75. The molecule has 3 rings (SSSR count). The van der Waals surface area contributed by atoms with Crippen molar-refractivity contribution >= 4 is 17.5 Å². The summed E-state index contributed by atoms with van der Waals surface area (Å²) in [5.74, 6) is -0.0589. The molecule has 2 aromatic carbocycles. The number of benzene rings is 2. The molecule has 1 amide bonds. The standard InChI is InChI=1S/C14H10ClNO/c15-10-6-7-11-12(8-10)14(17)16-13(11)9-4-2-1-3-5-9/h1-8,13H,(H,16,17)/t13-/m0/s1. The third kappa shape index (κ3) is 1.71. The fourth-order valence-electron chi connectivity index (χ4n) is 2.17. The van der Waals surface area contributed by atoms with Gasteiger partial charge in [-0.2, -0.15) is 0 Å². The fourth-order valence-corrected chi connectivity index (χ4v) is 2.34. The van der Waals surface area contributed by atoms with Gasteiger partial charge in [0.1, 0.15) is 0 Å². The SMILES string of the molecule is O=C1N[C@@H](c2ccccc2)c2ccc(Cl)cc21. The third-order valence-electron chi connectivity index (χ3n) is 2.98. The number of nitrogens with one attached hydrogen (secondary N) is 1. The molecule has 0 aliphatic carbocycles. The van der Waals surface area contributed by atoms with Gasteiger partial charge in [0, 0.05) is 10.6 Å². The molecule has 17 heavy (non-hydrogen) atoms. The molecule has 3 heteroatoms. The molecule has 84 valence electrons. The zero-order valence-electron chi connectivity index (χ0n) is 8.98. The summed E-state index contributed by atoms with van der Waals surface area (Å²) in [5, 5.41) is 3.56. The third-order valence-corrected chi connectivity index (χ3v) is 3.21. The summed E-state index contributed by atoms with van der Waals surface area (Å²) in [4.78, 5) is 11.8. The Balaban J connectivity index is 2.11. The number of amides is 1. The van der Waals surface area contributed by atoms with Crippen LogP contribution in [0.2, 0.25) is 5.02 Å². The van der Waals surface area contributed by atoms with Gasteiger partial charge >= 0.3 is 0 Å². The minimum atomic E-state index is -0.0593. The van der Waals surface area contributed by atoms with Crippen LogP contribution in [-0.4, -0.2) is 5.91 Å². The minimum Gasteiger partial charge on any atom is -0.341 e. The van der Waals surface area contributed by atoms with Gasteiger partial charge in [-0.05, 0) is 23.3 Å². The maximum absolute atomic E-state index is 11.8. The summed E-state index contributed by atoms with van der Waals surface area (Å²) >= 11 is 5.90. The van der Waals surface area contributed by atoms with E-state index in [1.165, 1.54) is 0 Å². The van der Waals surface area contributed by atoms with Crippen LogP contribution in [0.5, 0.6) is 0 Å². The second-order valence-corrected chi connectivity index (χ2v) is 4.49. The van der Waals surface area contributed by atoms with Crippen LogP contribution in [0, 0.1) is 0 Å². The van der Waals surface area contributed by atoms with E-state index in [1.54, 1.807) is 6.07 Å². The summed E-state index contributed by atoms with van der Waals surface area (Å²) in [6.07, 6.45) is 0. The van der Waals surface area contributed by atoms with Crippen molar-refractivity contribution in [3.63, 3.8) is 0 Å². The fraction of sp³-hybridized carbons (Fsp3) is 0.0714. The van der Waals surface area contributed by atoms with Gasteiger partial charge in [-0.1, -0.05) is 48.0 Å². The lowest BCUT2D eigenvalue weighted by Crippen LogP contribution is -2.19. The van der Waals surface area contributed by atoms with Gasteiger partial charge in [0.05, 0.1) is 6.04 Å². The molecule has 0 spiro atoms. The first-order chi connectivity index (χ1) is 8.25. The number of carbonyl (C=O) groups is 1. The Bertz CT molecular complexity index is 580. The van der Waals surface area contributed by atoms with Crippen molar-refractivity contribution in [1.82, 2.24) is 5.32 Å². The van der Waals surface area contributed by atoms with E-state index >= 15 is 0 Å². The molecule has 0 aromatic heterocycles. The molecule has 1 atom stereocenters. The molecular formula is C14H10ClNO. The van der Waals surface area contributed by atoms with Crippen molar-refractivity contribution in [2.75, 3.05) is 0 Å². The molecule has 1 aliphatic heterocycles. The lowest BCUT2D eigenvalue weighted by Gasteiger charge is -2.11. The Kier molecular flexibility index (Phi) is 2.37. The molecular weight excluding hydrogens is 234 g/mol. The van der Waals surface area contributed by atoms with Gasteiger partial charge < -0.3 is 5.32 Å². The average molecular weight is 244 g/mol. The zero-order valence-corrected chi connectivity index (χ0v) is 9.74. The molecule has 0 saturated heterocycles. The molecule has 1 aliphatic rings. The highest BCUT2D eigenvalue weighted by Crippen LogP contribution is 2.32. The van der Waals surface area contributed by atoms with E-state index in [9.17, 15) is 4.79 Å². The first-order valence-electron chi connectivity index (χ1n) is 5.41. The maximum Gasteiger partial charge on any atom is 0.252 e. The van der Waals surface area contributed by atoms with Crippen molar-refractivity contribution in [1.29, 1.82) is 0 Å². The molecule has 2 aromatic rings. The van der Waals surface area contributed by atoms with Crippen molar-refractivity contribution in [2.45, 2.75) is 6.04 Å². The van der Waals surface area contributed by atoms with Gasteiger partial charge in [-0.25, -0.2) is 0 Å². The zero-order chi connectivity index (χ0) is 11.8. The van der Waals surface area contributed by atoms with E-state index in [2.05, 4.69) is 5.32 Å². The topological polar surface area (TPSA) is 29.1 Å². The summed E-state index contributed by atoms with van der Waals surface area (Å²) in [6.45, 7) is 0. The normalized spacial score (nSPS) is 17.7. The molecule has 1 N–H and O–H groups in total. The van der Waals surface area contributed by atoms with E-state index in [1.807, 2.05) is 42.5 Å². The number of rotatable bonds is 1. The quantitative estimate of drug-likeness (QED) is 0.819. The van der Waals surface area contributed by atoms with E-state index in [0.29, 0.717) is 10.6 Å². The number of carbonyl (C=O) groups excluding carboxylic acids is 1. The van der Waals surface area contributed by atoms with Crippen molar-refractivity contribution in [2.24, 2.45) is 0 Å². The van der Waals surface area contributed by atoms with Crippen LogP contribution in [0.3, 0.4) is 0 Å². The first kappa shape index (κ1) is 10.4. The lowest BCUT2D eigenvalue weighted by molar-refractivity contribution is 0.0960. The molecule has 0 saturated carbocycles. The Labute approximate surface area is 104 Å². The smallest absolute Gasteiger partial charge is 0.252 e. The van der Waals surface area contributed by atoms with Crippen molar-refractivity contribution < 1.29 is 4.79 Å². The molecule has 2 nitrogen and oxygen atoms in total. The monoisotopic (exact) mass is 243 g/mol. The number of hydrogen-bond acceptors (Lipinski definition) is 1. The highest BCUT2D eigenvalue weighted by Gasteiger charge is 2.29. The summed E-state index contributed by atoms with van der Waals surface area (Å²) in [7, 11) is 0. The van der Waals surface area contributed by atoms with Gasteiger partial charge in [0.2, 0.25) is 0 Å². The van der Waals surface area contributed by atoms with Gasteiger partial charge in [-0.15, -0.1) is 0 Å². The van der Waals surface area contributed by atoms with Gasteiger partial charge in [0.25, 0.3) is 5.91 Å². The van der Waals surface area contributed by atoms with Crippen LogP contribution in [-0.2, 0) is 0 Å². The molecule has 0 bridgehead atoms. The summed E-state index contributed by atoms with van der Waals surface area (Å²) in [6, 6.07) is 15.3. The molecule has 0 unspecified atom stereocenters. The van der Waals surface area contributed by atoms with E-state index in [0.717, 1.165) is 11.1 Å². The minimum absolute atomic E-state index is 0.0589. The molecule has 0 fully saturated rings. The predicted octanol–water partition coefficient (Wildman–Crippen LogP) is 3.17.